The highest BCUT2D eigenvalue weighted by Crippen LogP contribution is 2.41. The van der Waals surface area contributed by atoms with Crippen LogP contribution in [0.4, 0.5) is 0 Å². The first kappa shape index (κ1) is 13.6. The minimum atomic E-state index is -0.160. The molecule has 106 valence electrons. The maximum absolute atomic E-state index is 6.78. The highest BCUT2D eigenvalue weighted by molar-refractivity contribution is 5.85. The molecule has 1 fully saturated rings. The number of hydrogen-bond acceptors (Lipinski definition) is 2. The Hall–Kier alpha value is -1.41. The van der Waals surface area contributed by atoms with E-state index in [1.54, 1.807) is 0 Å². The fourth-order valence-electron chi connectivity index (χ4n) is 3.71. The van der Waals surface area contributed by atoms with E-state index in [1.165, 1.54) is 42.0 Å². The second-order valence-corrected chi connectivity index (χ2v) is 6.29. The van der Waals surface area contributed by atoms with Crippen LogP contribution >= 0.6 is 0 Å². The molecule has 0 amide bonds. The molecule has 0 aliphatic heterocycles. The topological polar surface area (TPSA) is 38.9 Å². The van der Waals surface area contributed by atoms with E-state index in [1.807, 2.05) is 12.4 Å². The Bertz CT molecular complexity index is 577. The van der Waals surface area contributed by atoms with Crippen molar-refractivity contribution in [2.45, 2.75) is 51.0 Å². The first-order valence-corrected chi connectivity index (χ1v) is 7.85. The van der Waals surface area contributed by atoms with E-state index in [-0.39, 0.29) is 5.54 Å². The first-order valence-electron chi connectivity index (χ1n) is 7.85. The van der Waals surface area contributed by atoms with Gasteiger partial charge in [0.2, 0.25) is 0 Å². The number of rotatable bonds is 3. The quantitative estimate of drug-likeness (QED) is 0.897. The van der Waals surface area contributed by atoms with Gasteiger partial charge < -0.3 is 5.73 Å². The van der Waals surface area contributed by atoms with Crippen molar-refractivity contribution in [3.63, 3.8) is 0 Å². The summed E-state index contributed by atoms with van der Waals surface area (Å²) in [7, 11) is 0. The van der Waals surface area contributed by atoms with Gasteiger partial charge in [-0.1, -0.05) is 38.0 Å². The molecule has 0 atom stereocenters. The van der Waals surface area contributed by atoms with Gasteiger partial charge in [0, 0.05) is 23.3 Å². The van der Waals surface area contributed by atoms with Gasteiger partial charge in [-0.2, -0.15) is 0 Å². The molecule has 2 N–H and O–H groups in total. The Labute approximate surface area is 121 Å². The van der Waals surface area contributed by atoms with Crippen molar-refractivity contribution in [3.8, 4) is 0 Å². The Balaban J connectivity index is 1.91. The molecule has 1 aromatic heterocycles. The molecule has 2 nitrogen and oxygen atoms in total. The molecule has 1 saturated carbocycles. The summed E-state index contributed by atoms with van der Waals surface area (Å²) in [6, 6.07) is 8.55. The van der Waals surface area contributed by atoms with E-state index in [0.29, 0.717) is 0 Å². The molecule has 1 aliphatic carbocycles. The largest absolute Gasteiger partial charge is 0.321 e. The number of pyridine rings is 1. The third-order valence-electron chi connectivity index (χ3n) is 4.91. The van der Waals surface area contributed by atoms with E-state index in [9.17, 15) is 0 Å². The van der Waals surface area contributed by atoms with E-state index in [4.69, 9.17) is 5.73 Å². The van der Waals surface area contributed by atoms with Crippen LogP contribution in [0.15, 0.2) is 36.7 Å². The third kappa shape index (κ3) is 2.45. The van der Waals surface area contributed by atoms with Crippen LogP contribution in [0.3, 0.4) is 0 Å². The van der Waals surface area contributed by atoms with Gasteiger partial charge >= 0.3 is 0 Å². The summed E-state index contributed by atoms with van der Waals surface area (Å²) in [5, 5.41) is 2.48. The Morgan fingerprint density at radius 3 is 2.80 bits per heavy atom. The molecular formula is C18H24N2. The van der Waals surface area contributed by atoms with E-state index in [0.717, 1.165) is 18.8 Å². The minimum Gasteiger partial charge on any atom is -0.321 e. The molecule has 0 unspecified atom stereocenters. The first-order chi connectivity index (χ1) is 9.73. The number of benzene rings is 1. The van der Waals surface area contributed by atoms with Gasteiger partial charge in [-0.15, -0.1) is 0 Å². The van der Waals surface area contributed by atoms with Gasteiger partial charge in [0.1, 0.15) is 0 Å². The van der Waals surface area contributed by atoms with E-state index in [2.05, 4.69) is 36.2 Å². The van der Waals surface area contributed by atoms with Crippen LogP contribution in [0, 0.1) is 5.92 Å². The van der Waals surface area contributed by atoms with Gasteiger partial charge in [0.15, 0.2) is 0 Å². The van der Waals surface area contributed by atoms with Crippen molar-refractivity contribution < 1.29 is 0 Å². The molecule has 1 heterocycles. The molecule has 0 spiro atoms. The van der Waals surface area contributed by atoms with Crippen LogP contribution in [0.1, 0.15) is 51.0 Å². The SMILES string of the molecule is CCCC1CCC(N)(c2cccc3ccncc23)CC1. The Morgan fingerprint density at radius 1 is 1.25 bits per heavy atom. The maximum Gasteiger partial charge on any atom is 0.0416 e. The lowest BCUT2D eigenvalue weighted by Gasteiger charge is -2.38. The standard InChI is InChI=1S/C18H24N2/c1-2-4-14-7-10-18(19,11-8-14)17-6-3-5-15-9-12-20-13-16(15)17/h3,5-6,9,12-14H,2,4,7-8,10-11,19H2,1H3. The highest BCUT2D eigenvalue weighted by Gasteiger charge is 2.33. The Morgan fingerprint density at radius 2 is 2.05 bits per heavy atom. The zero-order valence-electron chi connectivity index (χ0n) is 12.3. The van der Waals surface area contributed by atoms with Crippen LogP contribution in [0.5, 0.6) is 0 Å². The molecule has 1 aliphatic rings. The van der Waals surface area contributed by atoms with Crippen molar-refractivity contribution >= 4 is 10.8 Å². The predicted octanol–water partition coefficient (Wildman–Crippen LogP) is 4.38. The highest BCUT2D eigenvalue weighted by atomic mass is 14.8. The van der Waals surface area contributed by atoms with Crippen LogP contribution in [-0.4, -0.2) is 4.98 Å². The van der Waals surface area contributed by atoms with E-state index < -0.39 is 0 Å². The van der Waals surface area contributed by atoms with Crippen molar-refractivity contribution in [2.75, 3.05) is 0 Å². The van der Waals surface area contributed by atoms with Gasteiger partial charge in [-0.25, -0.2) is 0 Å². The fourth-order valence-corrected chi connectivity index (χ4v) is 3.71. The summed E-state index contributed by atoms with van der Waals surface area (Å²) >= 11 is 0. The fraction of sp³-hybridized carbons (Fsp3) is 0.500. The molecule has 3 rings (SSSR count). The smallest absolute Gasteiger partial charge is 0.0416 e. The number of aromatic nitrogens is 1. The van der Waals surface area contributed by atoms with Crippen molar-refractivity contribution in [2.24, 2.45) is 11.7 Å². The molecule has 2 aromatic rings. The average molecular weight is 268 g/mol. The Kier molecular flexibility index (Phi) is 3.75. The van der Waals surface area contributed by atoms with Gasteiger partial charge in [0.25, 0.3) is 0 Å². The lowest BCUT2D eigenvalue weighted by molar-refractivity contribution is 0.227. The van der Waals surface area contributed by atoms with Crippen LogP contribution in [0.25, 0.3) is 10.8 Å². The molecule has 20 heavy (non-hydrogen) atoms. The van der Waals surface area contributed by atoms with Crippen molar-refractivity contribution in [1.29, 1.82) is 0 Å². The maximum atomic E-state index is 6.78. The molecule has 0 saturated heterocycles. The van der Waals surface area contributed by atoms with Crippen LogP contribution in [0.2, 0.25) is 0 Å². The van der Waals surface area contributed by atoms with Crippen molar-refractivity contribution in [3.05, 3.63) is 42.2 Å². The summed E-state index contributed by atoms with van der Waals surface area (Å²) in [5.74, 6) is 0.879. The normalized spacial score (nSPS) is 26.8. The minimum absolute atomic E-state index is 0.160. The van der Waals surface area contributed by atoms with Crippen LogP contribution in [-0.2, 0) is 5.54 Å². The molecule has 0 radical (unpaired) electrons. The molecule has 2 heteroatoms. The summed E-state index contributed by atoms with van der Waals surface area (Å²) < 4.78 is 0. The van der Waals surface area contributed by atoms with Crippen molar-refractivity contribution in [1.82, 2.24) is 4.98 Å². The second kappa shape index (κ2) is 5.53. The number of hydrogen-bond donors (Lipinski definition) is 1. The predicted molar refractivity (Wildman–Crippen MR) is 84.5 cm³/mol. The molecular weight excluding hydrogens is 244 g/mol. The number of nitrogens with zero attached hydrogens (tertiary/aromatic N) is 1. The van der Waals surface area contributed by atoms with Gasteiger partial charge in [-0.05, 0) is 48.6 Å². The van der Waals surface area contributed by atoms with Gasteiger partial charge in [0.05, 0.1) is 0 Å². The summed E-state index contributed by atoms with van der Waals surface area (Å²) in [6.07, 6.45) is 11.2. The third-order valence-corrected chi connectivity index (χ3v) is 4.91. The second-order valence-electron chi connectivity index (χ2n) is 6.29. The monoisotopic (exact) mass is 268 g/mol. The number of fused-ring (bicyclic) bond motifs is 1. The zero-order chi connectivity index (χ0) is 14.0. The number of nitrogens with two attached hydrogens (primary N) is 1. The summed E-state index contributed by atoms with van der Waals surface area (Å²) in [5.41, 5.74) is 7.91. The molecule has 1 aromatic carbocycles. The average Bonchev–Trinajstić information content (AvgIpc) is 2.49. The zero-order valence-corrected chi connectivity index (χ0v) is 12.3. The summed E-state index contributed by atoms with van der Waals surface area (Å²) in [4.78, 5) is 4.29. The van der Waals surface area contributed by atoms with Crippen LogP contribution < -0.4 is 5.73 Å². The lowest BCUT2D eigenvalue weighted by Crippen LogP contribution is -2.40. The lowest BCUT2D eigenvalue weighted by atomic mass is 9.71. The van der Waals surface area contributed by atoms with E-state index >= 15 is 0 Å². The summed E-state index contributed by atoms with van der Waals surface area (Å²) in [6.45, 7) is 2.28. The molecule has 0 bridgehead atoms. The van der Waals surface area contributed by atoms with Gasteiger partial charge in [-0.3, -0.25) is 4.98 Å².